The molecule has 2 heterocycles. The lowest BCUT2D eigenvalue weighted by molar-refractivity contribution is -0.144. The van der Waals surface area contributed by atoms with E-state index in [0.717, 1.165) is 16.9 Å². The van der Waals surface area contributed by atoms with E-state index < -0.39 is 0 Å². The zero-order chi connectivity index (χ0) is 17.1. The summed E-state index contributed by atoms with van der Waals surface area (Å²) in [7, 11) is 1.60. The molecule has 126 valence electrons. The summed E-state index contributed by atoms with van der Waals surface area (Å²) in [5, 5.41) is 0.686. The van der Waals surface area contributed by atoms with Crippen molar-refractivity contribution in [3.63, 3.8) is 0 Å². The molecule has 0 saturated carbocycles. The number of pyridine rings is 1. The molecule has 2 aromatic rings. The number of benzene rings is 1. The molecule has 0 amide bonds. The van der Waals surface area contributed by atoms with Crippen molar-refractivity contribution in [2.24, 2.45) is 0 Å². The summed E-state index contributed by atoms with van der Waals surface area (Å²) in [6, 6.07) is 9.13. The van der Waals surface area contributed by atoms with Crippen LogP contribution in [-0.4, -0.2) is 30.7 Å². The van der Waals surface area contributed by atoms with Crippen LogP contribution in [0.2, 0.25) is 5.02 Å². The number of methoxy groups -OCH3 is 1. The van der Waals surface area contributed by atoms with Gasteiger partial charge in [-0.25, -0.2) is 9.78 Å². The third-order valence-electron chi connectivity index (χ3n) is 4.04. The lowest BCUT2D eigenvalue weighted by atomic mass is 10.1. The van der Waals surface area contributed by atoms with E-state index in [2.05, 4.69) is 4.98 Å². The molecule has 1 aliphatic heterocycles. The lowest BCUT2D eigenvalue weighted by Gasteiger charge is -2.25. The van der Waals surface area contributed by atoms with Crippen molar-refractivity contribution in [2.75, 3.05) is 18.6 Å². The van der Waals surface area contributed by atoms with Crippen molar-refractivity contribution < 1.29 is 14.3 Å². The van der Waals surface area contributed by atoms with E-state index in [0.29, 0.717) is 30.3 Å². The van der Waals surface area contributed by atoms with Gasteiger partial charge in [0.25, 0.3) is 0 Å². The minimum absolute atomic E-state index is 0.233. The Morgan fingerprint density at radius 3 is 2.79 bits per heavy atom. The number of carbonyl (C=O) groups excluding carboxylic acids is 1. The van der Waals surface area contributed by atoms with Gasteiger partial charge in [-0.3, -0.25) is 0 Å². The van der Waals surface area contributed by atoms with E-state index in [-0.39, 0.29) is 12.0 Å². The number of anilines is 1. The Kier molecular flexibility index (Phi) is 4.90. The summed E-state index contributed by atoms with van der Waals surface area (Å²) in [4.78, 5) is 18.8. The van der Waals surface area contributed by atoms with Crippen LogP contribution < -0.4 is 9.64 Å². The standard InChI is InChI=1S/C18H19ClN2O3/c1-3-24-18(22)16-9-13-8-15(23-2)10-20-17(13)21(16)11-12-4-6-14(19)7-5-12/h4-8,10,16H,3,9,11H2,1-2H3. The maximum atomic E-state index is 12.4. The molecule has 3 rings (SSSR count). The maximum Gasteiger partial charge on any atom is 0.329 e. The summed E-state index contributed by atoms with van der Waals surface area (Å²) in [6.07, 6.45) is 2.23. The zero-order valence-electron chi connectivity index (χ0n) is 13.7. The number of carbonyl (C=O) groups is 1. The quantitative estimate of drug-likeness (QED) is 0.778. The zero-order valence-corrected chi connectivity index (χ0v) is 14.4. The van der Waals surface area contributed by atoms with Gasteiger partial charge >= 0.3 is 5.97 Å². The molecule has 1 atom stereocenters. The molecule has 1 unspecified atom stereocenters. The van der Waals surface area contributed by atoms with E-state index in [1.807, 2.05) is 42.2 Å². The molecule has 0 N–H and O–H groups in total. The van der Waals surface area contributed by atoms with Crippen molar-refractivity contribution in [1.29, 1.82) is 0 Å². The Balaban J connectivity index is 1.92. The number of esters is 1. The van der Waals surface area contributed by atoms with Gasteiger partial charge < -0.3 is 14.4 Å². The normalized spacial score (nSPS) is 16.0. The van der Waals surface area contributed by atoms with Gasteiger partial charge in [0, 0.05) is 23.6 Å². The van der Waals surface area contributed by atoms with Crippen LogP contribution in [-0.2, 0) is 22.5 Å². The third kappa shape index (κ3) is 3.31. The molecule has 1 aromatic heterocycles. The van der Waals surface area contributed by atoms with Gasteiger partial charge in [0.15, 0.2) is 0 Å². The van der Waals surface area contributed by atoms with Gasteiger partial charge in [-0.15, -0.1) is 0 Å². The molecule has 1 aromatic carbocycles. The number of halogens is 1. The summed E-state index contributed by atoms with van der Waals surface area (Å²) in [6.45, 7) is 2.73. The molecule has 0 bridgehead atoms. The van der Waals surface area contributed by atoms with Gasteiger partial charge in [-0.1, -0.05) is 23.7 Å². The van der Waals surface area contributed by atoms with Crippen LogP contribution in [0.5, 0.6) is 5.75 Å². The van der Waals surface area contributed by atoms with Gasteiger partial charge in [0.05, 0.1) is 19.9 Å². The van der Waals surface area contributed by atoms with Crippen molar-refractivity contribution in [3.05, 3.63) is 52.7 Å². The predicted octanol–water partition coefficient (Wildman–Crippen LogP) is 3.24. The van der Waals surface area contributed by atoms with E-state index in [4.69, 9.17) is 21.1 Å². The van der Waals surface area contributed by atoms with E-state index in [1.165, 1.54) is 0 Å². The topological polar surface area (TPSA) is 51.7 Å². The number of rotatable bonds is 5. The van der Waals surface area contributed by atoms with Crippen molar-refractivity contribution >= 4 is 23.4 Å². The van der Waals surface area contributed by atoms with E-state index >= 15 is 0 Å². The summed E-state index contributed by atoms with van der Waals surface area (Å²) < 4.78 is 10.5. The summed E-state index contributed by atoms with van der Waals surface area (Å²) in [5.74, 6) is 1.25. The van der Waals surface area contributed by atoms with E-state index in [9.17, 15) is 4.79 Å². The first-order valence-corrected chi connectivity index (χ1v) is 8.20. The first kappa shape index (κ1) is 16.6. The highest BCUT2D eigenvalue weighted by Gasteiger charge is 2.36. The van der Waals surface area contributed by atoms with Gasteiger partial charge in [-0.2, -0.15) is 0 Å². The fourth-order valence-electron chi connectivity index (χ4n) is 2.89. The molecule has 0 saturated heterocycles. The number of nitrogens with zero attached hydrogens (tertiary/aromatic N) is 2. The number of hydrogen-bond donors (Lipinski definition) is 0. The van der Waals surface area contributed by atoms with Gasteiger partial charge in [-0.05, 0) is 30.7 Å². The fourth-order valence-corrected chi connectivity index (χ4v) is 3.01. The van der Waals surface area contributed by atoms with Crippen molar-refractivity contribution in [2.45, 2.75) is 25.9 Å². The molecule has 6 heteroatoms. The largest absolute Gasteiger partial charge is 0.495 e. The SMILES string of the molecule is CCOC(=O)C1Cc2cc(OC)cnc2N1Cc1ccc(Cl)cc1. The lowest BCUT2D eigenvalue weighted by Crippen LogP contribution is -2.39. The Labute approximate surface area is 146 Å². The predicted molar refractivity (Wildman–Crippen MR) is 92.5 cm³/mol. The minimum Gasteiger partial charge on any atom is -0.495 e. The number of fused-ring (bicyclic) bond motifs is 1. The van der Waals surface area contributed by atoms with Crippen LogP contribution in [0.15, 0.2) is 36.5 Å². The van der Waals surface area contributed by atoms with Crippen molar-refractivity contribution in [3.8, 4) is 5.75 Å². The molecule has 0 aliphatic carbocycles. The highest BCUT2D eigenvalue weighted by Crippen LogP contribution is 2.34. The molecule has 24 heavy (non-hydrogen) atoms. The highest BCUT2D eigenvalue weighted by molar-refractivity contribution is 6.30. The number of aromatic nitrogens is 1. The van der Waals surface area contributed by atoms with E-state index in [1.54, 1.807) is 13.3 Å². The monoisotopic (exact) mass is 346 g/mol. The molecular weight excluding hydrogens is 328 g/mol. The van der Waals surface area contributed by atoms with Crippen LogP contribution >= 0.6 is 11.6 Å². The molecule has 0 spiro atoms. The molecular formula is C18H19ClN2O3. The molecule has 0 radical (unpaired) electrons. The van der Waals surface area contributed by atoms with Gasteiger partial charge in [0.1, 0.15) is 17.6 Å². The second kappa shape index (κ2) is 7.09. The average Bonchev–Trinajstić information content (AvgIpc) is 2.95. The molecule has 5 nitrogen and oxygen atoms in total. The van der Waals surface area contributed by atoms with Crippen LogP contribution in [0.4, 0.5) is 5.82 Å². The van der Waals surface area contributed by atoms with Crippen LogP contribution in [0.25, 0.3) is 0 Å². The smallest absolute Gasteiger partial charge is 0.329 e. The van der Waals surface area contributed by atoms with Crippen LogP contribution in [0.3, 0.4) is 0 Å². The third-order valence-corrected chi connectivity index (χ3v) is 4.29. The highest BCUT2D eigenvalue weighted by atomic mass is 35.5. The Bertz CT molecular complexity index is 734. The summed E-state index contributed by atoms with van der Waals surface area (Å²) in [5.41, 5.74) is 2.04. The maximum absolute atomic E-state index is 12.4. The Morgan fingerprint density at radius 2 is 2.12 bits per heavy atom. The van der Waals surface area contributed by atoms with Crippen molar-refractivity contribution in [1.82, 2.24) is 4.98 Å². The summed E-state index contributed by atoms with van der Waals surface area (Å²) >= 11 is 5.95. The molecule has 0 fully saturated rings. The van der Waals surface area contributed by atoms with Gasteiger partial charge in [0.2, 0.25) is 0 Å². The first-order chi connectivity index (χ1) is 11.6. The fraction of sp³-hybridized carbons (Fsp3) is 0.333. The van der Waals surface area contributed by atoms with Crippen LogP contribution in [0.1, 0.15) is 18.1 Å². The number of hydrogen-bond acceptors (Lipinski definition) is 5. The second-order valence-electron chi connectivity index (χ2n) is 5.58. The molecule has 1 aliphatic rings. The number of ether oxygens (including phenoxy) is 2. The van der Waals surface area contributed by atoms with Crippen LogP contribution in [0, 0.1) is 0 Å². The second-order valence-corrected chi connectivity index (χ2v) is 6.02. The Morgan fingerprint density at radius 1 is 1.38 bits per heavy atom. The first-order valence-electron chi connectivity index (χ1n) is 7.83. The minimum atomic E-state index is -0.379. The average molecular weight is 347 g/mol. The Hall–Kier alpha value is -2.27.